The average molecular weight is 284 g/mol. The lowest BCUT2D eigenvalue weighted by Crippen LogP contribution is -1.97. The van der Waals surface area contributed by atoms with Gasteiger partial charge in [0.2, 0.25) is 0 Å². The van der Waals surface area contributed by atoms with Gasteiger partial charge in [-0.25, -0.2) is 9.78 Å². The fraction of sp³-hybridized carbons (Fsp3) is 0.0667. The van der Waals surface area contributed by atoms with Crippen LogP contribution in [0.5, 0.6) is 11.5 Å². The van der Waals surface area contributed by atoms with Crippen LogP contribution < -0.4 is 4.74 Å². The fourth-order valence-corrected chi connectivity index (χ4v) is 1.94. The van der Waals surface area contributed by atoms with Gasteiger partial charge in [-0.2, -0.15) is 0 Å². The SMILES string of the molecule is O=C(O)c1ccn2cc(COc3ccc(O)cc3)nc2c1. The van der Waals surface area contributed by atoms with Gasteiger partial charge >= 0.3 is 5.97 Å². The van der Waals surface area contributed by atoms with Crippen LogP contribution in [0.4, 0.5) is 0 Å². The minimum absolute atomic E-state index is 0.177. The molecule has 21 heavy (non-hydrogen) atoms. The zero-order valence-electron chi connectivity index (χ0n) is 10.9. The van der Waals surface area contributed by atoms with E-state index in [9.17, 15) is 9.90 Å². The molecule has 6 heteroatoms. The second-order valence-corrected chi connectivity index (χ2v) is 4.50. The van der Waals surface area contributed by atoms with Crippen molar-refractivity contribution in [2.75, 3.05) is 0 Å². The van der Waals surface area contributed by atoms with E-state index in [1.807, 2.05) is 0 Å². The normalized spacial score (nSPS) is 10.7. The highest BCUT2D eigenvalue weighted by Gasteiger charge is 2.07. The number of aromatic nitrogens is 2. The van der Waals surface area contributed by atoms with Gasteiger partial charge in [-0.15, -0.1) is 0 Å². The molecule has 0 aliphatic carbocycles. The van der Waals surface area contributed by atoms with E-state index in [1.54, 1.807) is 28.9 Å². The number of fused-ring (bicyclic) bond motifs is 1. The van der Waals surface area contributed by atoms with E-state index in [2.05, 4.69) is 4.98 Å². The van der Waals surface area contributed by atoms with Crippen molar-refractivity contribution < 1.29 is 19.7 Å². The number of aromatic carboxylic acids is 1. The van der Waals surface area contributed by atoms with Crippen LogP contribution in [-0.4, -0.2) is 25.6 Å². The third kappa shape index (κ3) is 2.79. The minimum atomic E-state index is -0.984. The summed E-state index contributed by atoms with van der Waals surface area (Å²) in [5.41, 5.74) is 1.43. The van der Waals surface area contributed by atoms with Crippen molar-refractivity contribution >= 4 is 11.6 Å². The highest BCUT2D eigenvalue weighted by Crippen LogP contribution is 2.17. The maximum absolute atomic E-state index is 10.9. The van der Waals surface area contributed by atoms with Gasteiger partial charge in [-0.05, 0) is 36.4 Å². The monoisotopic (exact) mass is 284 g/mol. The molecule has 1 aromatic carbocycles. The number of carboxylic acids is 1. The van der Waals surface area contributed by atoms with Crippen molar-refractivity contribution in [1.82, 2.24) is 9.38 Å². The summed E-state index contributed by atoms with van der Waals surface area (Å²) in [4.78, 5) is 15.2. The molecular formula is C15H12N2O4. The highest BCUT2D eigenvalue weighted by atomic mass is 16.5. The number of carboxylic acid groups (broad SMARTS) is 1. The summed E-state index contributed by atoms with van der Waals surface area (Å²) >= 11 is 0. The van der Waals surface area contributed by atoms with Crippen LogP contribution in [0, 0.1) is 0 Å². The topological polar surface area (TPSA) is 84.1 Å². The first-order chi connectivity index (χ1) is 10.1. The van der Waals surface area contributed by atoms with Crippen LogP contribution in [0.2, 0.25) is 0 Å². The third-order valence-electron chi connectivity index (χ3n) is 2.98. The Balaban J connectivity index is 1.78. The van der Waals surface area contributed by atoms with Crippen molar-refractivity contribution in [1.29, 1.82) is 0 Å². The van der Waals surface area contributed by atoms with Crippen molar-refractivity contribution in [2.45, 2.75) is 6.61 Å². The van der Waals surface area contributed by atoms with Crippen molar-refractivity contribution in [3.8, 4) is 11.5 Å². The summed E-state index contributed by atoms with van der Waals surface area (Å²) in [6.45, 7) is 0.259. The van der Waals surface area contributed by atoms with Crippen LogP contribution in [0.3, 0.4) is 0 Å². The molecule has 0 fully saturated rings. The molecule has 0 radical (unpaired) electrons. The largest absolute Gasteiger partial charge is 0.508 e. The molecular weight excluding hydrogens is 272 g/mol. The number of phenols is 1. The van der Waals surface area contributed by atoms with Crippen molar-refractivity contribution in [2.24, 2.45) is 0 Å². The maximum Gasteiger partial charge on any atom is 0.335 e. The molecule has 2 heterocycles. The standard InChI is InChI=1S/C15H12N2O4/c18-12-1-3-13(4-2-12)21-9-11-8-17-6-5-10(15(19)20)7-14(17)16-11/h1-8,18H,9H2,(H,19,20). The van der Waals surface area contributed by atoms with Gasteiger partial charge in [0.25, 0.3) is 0 Å². The van der Waals surface area contributed by atoms with Crippen molar-refractivity contribution in [3.63, 3.8) is 0 Å². The molecule has 106 valence electrons. The summed E-state index contributed by atoms with van der Waals surface area (Å²) in [7, 11) is 0. The lowest BCUT2D eigenvalue weighted by Gasteiger charge is -2.03. The summed E-state index contributed by atoms with van der Waals surface area (Å²) in [5.74, 6) is -0.185. The number of pyridine rings is 1. The first kappa shape index (κ1) is 13.0. The Morgan fingerprint density at radius 3 is 2.71 bits per heavy atom. The van der Waals surface area contributed by atoms with E-state index < -0.39 is 5.97 Å². The molecule has 0 atom stereocenters. The second-order valence-electron chi connectivity index (χ2n) is 4.50. The van der Waals surface area contributed by atoms with Gasteiger partial charge in [-0.1, -0.05) is 0 Å². The number of benzene rings is 1. The van der Waals surface area contributed by atoms with Crippen LogP contribution >= 0.6 is 0 Å². The predicted molar refractivity (Wildman–Crippen MR) is 74.6 cm³/mol. The molecule has 3 aromatic rings. The summed E-state index contributed by atoms with van der Waals surface area (Å²) < 4.78 is 7.29. The number of nitrogens with zero attached hydrogens (tertiary/aromatic N) is 2. The zero-order chi connectivity index (χ0) is 14.8. The number of imidazole rings is 1. The molecule has 2 N–H and O–H groups in total. The van der Waals surface area contributed by atoms with Crippen LogP contribution in [0.25, 0.3) is 5.65 Å². The Bertz CT molecular complexity index is 793. The van der Waals surface area contributed by atoms with Crippen LogP contribution in [-0.2, 0) is 6.61 Å². The molecule has 0 aliphatic heterocycles. The lowest BCUT2D eigenvalue weighted by molar-refractivity contribution is 0.0697. The first-order valence-corrected chi connectivity index (χ1v) is 6.24. The highest BCUT2D eigenvalue weighted by molar-refractivity contribution is 5.88. The maximum atomic E-state index is 10.9. The molecule has 3 rings (SSSR count). The lowest BCUT2D eigenvalue weighted by atomic mass is 10.3. The number of rotatable bonds is 4. The summed E-state index contributed by atoms with van der Waals surface area (Å²) in [6.07, 6.45) is 3.43. The fourth-order valence-electron chi connectivity index (χ4n) is 1.94. The number of carbonyl (C=O) groups is 1. The smallest absolute Gasteiger partial charge is 0.335 e. The molecule has 0 saturated heterocycles. The number of hydrogen-bond donors (Lipinski definition) is 2. The number of ether oxygens (including phenoxy) is 1. The molecule has 0 aliphatic rings. The Morgan fingerprint density at radius 1 is 1.24 bits per heavy atom. The molecule has 0 saturated carbocycles. The molecule has 2 aromatic heterocycles. The molecule has 0 spiro atoms. The molecule has 0 amide bonds. The molecule has 6 nitrogen and oxygen atoms in total. The quantitative estimate of drug-likeness (QED) is 0.768. The molecule has 0 unspecified atom stereocenters. The number of aromatic hydroxyl groups is 1. The van der Waals surface area contributed by atoms with Crippen LogP contribution in [0.1, 0.15) is 16.1 Å². The van der Waals surface area contributed by atoms with Gasteiger partial charge in [-0.3, -0.25) is 0 Å². The summed E-state index contributed by atoms with van der Waals surface area (Å²) in [5, 5.41) is 18.1. The van der Waals surface area contributed by atoms with E-state index in [-0.39, 0.29) is 17.9 Å². The van der Waals surface area contributed by atoms with E-state index in [1.165, 1.54) is 24.3 Å². The van der Waals surface area contributed by atoms with Gasteiger partial charge in [0, 0.05) is 12.4 Å². The Morgan fingerprint density at radius 2 is 2.00 bits per heavy atom. The number of hydrogen-bond acceptors (Lipinski definition) is 4. The van der Waals surface area contributed by atoms with Gasteiger partial charge in [0.1, 0.15) is 23.8 Å². The van der Waals surface area contributed by atoms with E-state index >= 15 is 0 Å². The predicted octanol–water partition coefficient (Wildman–Crippen LogP) is 2.32. The van der Waals surface area contributed by atoms with E-state index in [4.69, 9.17) is 9.84 Å². The van der Waals surface area contributed by atoms with Gasteiger partial charge in [0.05, 0.1) is 11.3 Å². The Hall–Kier alpha value is -3.02. The van der Waals surface area contributed by atoms with Crippen molar-refractivity contribution in [3.05, 3.63) is 60.0 Å². The Labute approximate surface area is 119 Å². The average Bonchev–Trinajstić information content (AvgIpc) is 2.88. The van der Waals surface area contributed by atoms with Gasteiger partial charge < -0.3 is 19.4 Å². The zero-order valence-corrected chi connectivity index (χ0v) is 10.9. The van der Waals surface area contributed by atoms with E-state index in [0.29, 0.717) is 17.1 Å². The van der Waals surface area contributed by atoms with Crippen LogP contribution in [0.15, 0.2) is 48.8 Å². The second kappa shape index (κ2) is 5.16. The summed E-state index contributed by atoms with van der Waals surface area (Å²) in [6, 6.07) is 9.42. The third-order valence-corrected chi connectivity index (χ3v) is 2.98. The number of phenolic OH excluding ortho intramolecular Hbond substituents is 1. The van der Waals surface area contributed by atoms with Gasteiger partial charge in [0.15, 0.2) is 0 Å². The minimum Gasteiger partial charge on any atom is -0.508 e. The first-order valence-electron chi connectivity index (χ1n) is 6.24. The molecule has 0 bridgehead atoms. The van der Waals surface area contributed by atoms with E-state index in [0.717, 1.165) is 0 Å². The Kier molecular flexibility index (Phi) is 3.19.